The van der Waals surface area contributed by atoms with Crippen LogP contribution in [0, 0.1) is 0 Å². The summed E-state index contributed by atoms with van der Waals surface area (Å²) in [5, 5.41) is 0. The van der Waals surface area contributed by atoms with Crippen molar-refractivity contribution in [3.05, 3.63) is 72.8 Å². The van der Waals surface area contributed by atoms with E-state index in [1.165, 1.54) is 0 Å². The molecule has 3 aromatic rings. The van der Waals surface area contributed by atoms with Crippen LogP contribution >= 0.6 is 7.31 Å². The Morgan fingerprint density at radius 1 is 0.360 bits per heavy atom. The van der Waals surface area contributed by atoms with Gasteiger partial charge in [0.25, 0.3) is 0 Å². The third-order valence-corrected chi connectivity index (χ3v) is 7.67. The molecular formula is C18H12O6P-. The first-order valence-corrected chi connectivity index (χ1v) is 9.99. The minimum atomic E-state index is -5.56. The van der Waals surface area contributed by atoms with E-state index < -0.39 is 7.31 Å². The summed E-state index contributed by atoms with van der Waals surface area (Å²) in [7, 11) is -5.56. The van der Waals surface area contributed by atoms with E-state index in [-0.39, 0.29) is 0 Å². The molecule has 0 aliphatic carbocycles. The first-order chi connectivity index (χ1) is 12.1. The summed E-state index contributed by atoms with van der Waals surface area (Å²) in [5.41, 5.74) is 0. The fourth-order valence-electron chi connectivity index (χ4n) is 3.29. The van der Waals surface area contributed by atoms with Crippen LogP contribution in [0.25, 0.3) is 0 Å². The van der Waals surface area contributed by atoms with Gasteiger partial charge in [-0.2, -0.15) is 0 Å². The molecule has 6 rings (SSSR count). The molecule has 0 amide bonds. The molecule has 0 saturated heterocycles. The molecule has 1 spiro atoms. The second-order valence-corrected chi connectivity index (χ2v) is 9.34. The fourth-order valence-corrected chi connectivity index (χ4v) is 7.16. The van der Waals surface area contributed by atoms with Crippen molar-refractivity contribution >= 4 is 7.31 Å². The summed E-state index contributed by atoms with van der Waals surface area (Å²) < 4.78 is 37.1. The van der Waals surface area contributed by atoms with Gasteiger partial charge in [0.05, 0.1) is 0 Å². The average molecular weight is 355 g/mol. The number of hydrogen-bond acceptors (Lipinski definition) is 6. The normalized spacial score (nSPS) is 23.5. The molecule has 0 radical (unpaired) electrons. The van der Waals surface area contributed by atoms with Gasteiger partial charge >= 0.3 is 142 Å². The van der Waals surface area contributed by atoms with Crippen LogP contribution in [0.1, 0.15) is 0 Å². The number of fused-ring (bicyclic) bond motifs is 3. The van der Waals surface area contributed by atoms with Crippen LogP contribution in [0.3, 0.4) is 0 Å². The topological polar surface area (TPSA) is 55.4 Å². The molecule has 3 aliphatic rings. The monoisotopic (exact) mass is 355 g/mol. The molecule has 0 bridgehead atoms. The molecule has 0 unspecified atom stereocenters. The van der Waals surface area contributed by atoms with Gasteiger partial charge < -0.3 is 0 Å². The quantitative estimate of drug-likeness (QED) is 0.530. The van der Waals surface area contributed by atoms with Gasteiger partial charge in [-0.3, -0.25) is 0 Å². The van der Waals surface area contributed by atoms with E-state index in [0.29, 0.717) is 34.5 Å². The van der Waals surface area contributed by atoms with E-state index in [9.17, 15) is 0 Å². The van der Waals surface area contributed by atoms with Crippen molar-refractivity contribution in [1.29, 1.82) is 0 Å². The summed E-state index contributed by atoms with van der Waals surface area (Å²) in [4.78, 5) is 0. The molecule has 3 aliphatic heterocycles. The molecule has 7 heteroatoms. The van der Waals surface area contributed by atoms with Gasteiger partial charge in [0.1, 0.15) is 0 Å². The molecule has 0 N–H and O–H groups in total. The standard InChI is InChI=1S/C18H12O6P/c1-2-8-14-13(7-1)19-25(20-14,21-15-9-3-4-10-16(15)22-25)23-17-11-5-6-12-18(17)24-25/h1-12H/q-1. The molecule has 0 fully saturated rings. The second-order valence-electron chi connectivity index (χ2n) is 6.01. The van der Waals surface area contributed by atoms with Gasteiger partial charge in [-0.1, -0.05) is 0 Å². The number of para-hydroxylation sites is 6. The first-order valence-electron chi connectivity index (χ1n) is 7.80. The molecule has 0 saturated carbocycles. The maximum absolute atomic E-state index is 6.18. The molecule has 3 heterocycles. The second kappa shape index (κ2) is 3.60. The molecule has 6 nitrogen and oxygen atoms in total. The summed E-state index contributed by atoms with van der Waals surface area (Å²) >= 11 is 0. The summed E-state index contributed by atoms with van der Waals surface area (Å²) in [6.07, 6.45) is 0. The molecule has 0 atom stereocenters. The van der Waals surface area contributed by atoms with Crippen LogP contribution in [0.15, 0.2) is 72.8 Å². The average Bonchev–Trinajstić information content (AvgIpc) is 3.18. The van der Waals surface area contributed by atoms with Crippen molar-refractivity contribution in [2.24, 2.45) is 0 Å². The molecule has 126 valence electrons. The van der Waals surface area contributed by atoms with Gasteiger partial charge in [-0.05, 0) is 0 Å². The van der Waals surface area contributed by atoms with Crippen molar-refractivity contribution in [3.63, 3.8) is 0 Å². The Bertz CT molecular complexity index is 846. The van der Waals surface area contributed by atoms with E-state index in [0.717, 1.165) is 0 Å². The fraction of sp³-hybridized carbons (Fsp3) is 0. The summed E-state index contributed by atoms with van der Waals surface area (Å²) in [6, 6.07) is 21.4. The van der Waals surface area contributed by atoms with Gasteiger partial charge in [0.15, 0.2) is 0 Å². The van der Waals surface area contributed by atoms with E-state index in [2.05, 4.69) is 0 Å². The molecule has 3 aromatic carbocycles. The zero-order chi connectivity index (χ0) is 16.6. The molecular weight excluding hydrogens is 343 g/mol. The molecule has 0 aromatic heterocycles. The van der Waals surface area contributed by atoms with E-state index in [4.69, 9.17) is 27.1 Å². The van der Waals surface area contributed by atoms with E-state index in [1.54, 1.807) is 36.4 Å². The van der Waals surface area contributed by atoms with Gasteiger partial charge in [0.2, 0.25) is 0 Å². The first kappa shape index (κ1) is 13.2. The Kier molecular flexibility index (Phi) is 1.90. The molecule has 25 heavy (non-hydrogen) atoms. The van der Waals surface area contributed by atoms with Crippen LogP contribution in [0.4, 0.5) is 0 Å². The minimum absolute atomic E-state index is 0.429. The van der Waals surface area contributed by atoms with Crippen LogP contribution < -0.4 is 27.1 Å². The van der Waals surface area contributed by atoms with Gasteiger partial charge in [-0.15, -0.1) is 0 Å². The van der Waals surface area contributed by atoms with Crippen LogP contribution in [0.2, 0.25) is 0 Å². The van der Waals surface area contributed by atoms with Gasteiger partial charge in [0, 0.05) is 0 Å². The van der Waals surface area contributed by atoms with Crippen molar-refractivity contribution in [3.8, 4) is 34.5 Å². The Morgan fingerprint density at radius 2 is 0.560 bits per heavy atom. The predicted molar refractivity (Wildman–Crippen MR) is 90.0 cm³/mol. The zero-order valence-corrected chi connectivity index (χ0v) is 13.7. The summed E-state index contributed by atoms with van der Waals surface area (Å²) in [5.74, 6) is 2.58. The van der Waals surface area contributed by atoms with Crippen molar-refractivity contribution < 1.29 is 27.1 Å². The predicted octanol–water partition coefficient (Wildman–Crippen LogP) is 4.98. The zero-order valence-electron chi connectivity index (χ0n) is 12.8. The number of rotatable bonds is 0. The van der Waals surface area contributed by atoms with Crippen molar-refractivity contribution in [1.82, 2.24) is 0 Å². The van der Waals surface area contributed by atoms with E-state index >= 15 is 0 Å². The van der Waals surface area contributed by atoms with Crippen LogP contribution in [-0.2, 0) is 0 Å². The van der Waals surface area contributed by atoms with Crippen molar-refractivity contribution in [2.45, 2.75) is 0 Å². The van der Waals surface area contributed by atoms with Crippen LogP contribution in [-0.4, -0.2) is 0 Å². The van der Waals surface area contributed by atoms with Gasteiger partial charge in [-0.25, -0.2) is 0 Å². The third-order valence-electron chi connectivity index (χ3n) is 4.26. The maximum atomic E-state index is 6.18. The SMILES string of the molecule is c1ccc2c(c1)O[P-]13(O2)(Oc2ccccc2O1)Oc1ccccc1O3. The van der Waals surface area contributed by atoms with Crippen LogP contribution in [0.5, 0.6) is 34.5 Å². The third kappa shape index (κ3) is 1.44. The Morgan fingerprint density at radius 3 is 0.760 bits per heavy atom. The van der Waals surface area contributed by atoms with E-state index in [1.807, 2.05) is 36.4 Å². The summed E-state index contributed by atoms with van der Waals surface area (Å²) in [6.45, 7) is 0. The Balaban J connectivity index is 1.64. The Labute approximate surface area is 142 Å². The number of hydrogen-bond donors (Lipinski definition) is 0. The van der Waals surface area contributed by atoms with Crippen molar-refractivity contribution in [2.75, 3.05) is 0 Å². The Hall–Kier alpha value is -3.11. The number of benzene rings is 3.